The van der Waals surface area contributed by atoms with Crippen LogP contribution in [0.15, 0.2) is 12.1 Å². The number of nitrogens with two attached hydrogens (primary N) is 1. The second kappa shape index (κ2) is 4.94. The van der Waals surface area contributed by atoms with E-state index in [2.05, 4.69) is 5.32 Å². The number of carbonyl (C=O) groups excluding carboxylic acids is 1. The second-order valence-corrected chi connectivity index (χ2v) is 4.63. The number of hydrogen-bond acceptors (Lipinski definition) is 6. The fourth-order valence-electron chi connectivity index (χ4n) is 1.58. The molecule has 19 heavy (non-hydrogen) atoms. The predicted molar refractivity (Wildman–Crippen MR) is 67.0 cm³/mol. The van der Waals surface area contributed by atoms with Gasteiger partial charge in [-0.3, -0.25) is 4.79 Å². The molecule has 1 aromatic rings. The van der Waals surface area contributed by atoms with Crippen molar-refractivity contribution in [1.82, 2.24) is 5.32 Å². The third-order valence-electron chi connectivity index (χ3n) is 2.76. The normalized spacial score (nSPS) is 15.9. The first-order valence-electron chi connectivity index (χ1n) is 5.73. The first-order chi connectivity index (χ1) is 8.93. The summed E-state index contributed by atoms with van der Waals surface area (Å²) in [5.41, 5.74) is 4.87. The van der Waals surface area contributed by atoms with Crippen LogP contribution in [-0.2, 0) is 0 Å². The van der Waals surface area contributed by atoms with Crippen LogP contribution in [0.3, 0.4) is 0 Å². The average molecular weight is 268 g/mol. The molecular weight excluding hydrogens is 252 g/mol. The van der Waals surface area contributed by atoms with Gasteiger partial charge in [-0.25, -0.2) is 0 Å². The van der Waals surface area contributed by atoms with Crippen LogP contribution in [0.25, 0.3) is 0 Å². The molecule has 7 heteroatoms. The summed E-state index contributed by atoms with van der Waals surface area (Å²) in [6.45, 7) is 0.968. The molecule has 2 rings (SSSR count). The van der Waals surface area contributed by atoms with Crippen molar-refractivity contribution < 1.29 is 24.5 Å². The van der Waals surface area contributed by atoms with Crippen molar-refractivity contribution in [2.75, 3.05) is 25.7 Å². The Morgan fingerprint density at radius 1 is 1.47 bits per heavy atom. The molecule has 0 spiro atoms. The average Bonchev–Trinajstić information content (AvgIpc) is 2.82. The van der Waals surface area contributed by atoms with Crippen molar-refractivity contribution in [2.24, 2.45) is 0 Å². The van der Waals surface area contributed by atoms with Gasteiger partial charge in [0.15, 0.2) is 11.5 Å². The van der Waals surface area contributed by atoms with Crippen molar-refractivity contribution in [3.63, 3.8) is 0 Å². The molecule has 0 saturated carbocycles. The lowest BCUT2D eigenvalue weighted by Crippen LogP contribution is -2.43. The molecule has 0 radical (unpaired) electrons. The van der Waals surface area contributed by atoms with E-state index < -0.39 is 18.1 Å². The minimum absolute atomic E-state index is 0.0871. The number of nitrogens with one attached hydrogen (secondary N) is 1. The van der Waals surface area contributed by atoms with Crippen molar-refractivity contribution in [3.8, 4) is 11.5 Å². The quantitative estimate of drug-likeness (QED) is 0.546. The van der Waals surface area contributed by atoms with Crippen LogP contribution in [0.1, 0.15) is 17.3 Å². The van der Waals surface area contributed by atoms with E-state index in [0.717, 1.165) is 0 Å². The molecule has 104 valence electrons. The second-order valence-electron chi connectivity index (χ2n) is 4.63. The van der Waals surface area contributed by atoms with Crippen LogP contribution in [0.2, 0.25) is 0 Å². The minimum atomic E-state index is -1.37. The number of benzene rings is 1. The van der Waals surface area contributed by atoms with E-state index >= 15 is 0 Å². The number of ether oxygens (including phenoxy) is 2. The number of fused-ring (bicyclic) bond motifs is 1. The minimum Gasteiger partial charge on any atom is -0.454 e. The van der Waals surface area contributed by atoms with E-state index in [-0.39, 0.29) is 24.6 Å². The van der Waals surface area contributed by atoms with Gasteiger partial charge in [0.1, 0.15) is 5.60 Å². The molecule has 1 atom stereocenters. The first-order valence-corrected chi connectivity index (χ1v) is 5.73. The highest BCUT2D eigenvalue weighted by Gasteiger charge is 2.23. The molecule has 0 bridgehead atoms. The maximum atomic E-state index is 11.9. The molecule has 0 fully saturated rings. The van der Waals surface area contributed by atoms with Gasteiger partial charge in [-0.15, -0.1) is 0 Å². The van der Waals surface area contributed by atoms with E-state index in [0.29, 0.717) is 11.5 Å². The van der Waals surface area contributed by atoms with Crippen molar-refractivity contribution in [2.45, 2.75) is 12.5 Å². The van der Waals surface area contributed by atoms with Crippen LogP contribution in [0.5, 0.6) is 11.5 Å². The molecular formula is C12H16N2O5. The number of anilines is 1. The molecule has 1 aliphatic rings. The summed E-state index contributed by atoms with van der Waals surface area (Å²) in [5, 5.41) is 21.0. The van der Waals surface area contributed by atoms with E-state index in [1.165, 1.54) is 19.1 Å². The number of hydrogen-bond donors (Lipinski definition) is 4. The number of aliphatic hydroxyl groups is 2. The summed E-state index contributed by atoms with van der Waals surface area (Å²) in [6, 6.07) is 3.00. The maximum absolute atomic E-state index is 11.9. The number of amides is 1. The summed E-state index contributed by atoms with van der Waals surface area (Å²) < 4.78 is 10.3. The summed E-state index contributed by atoms with van der Waals surface area (Å²) in [7, 11) is 0. The summed E-state index contributed by atoms with van der Waals surface area (Å²) in [6.07, 6.45) is 0. The van der Waals surface area contributed by atoms with Crippen LogP contribution in [0, 0.1) is 0 Å². The highest BCUT2D eigenvalue weighted by molar-refractivity contribution is 6.00. The molecule has 7 nitrogen and oxygen atoms in total. The zero-order valence-electron chi connectivity index (χ0n) is 10.5. The van der Waals surface area contributed by atoms with E-state index in [4.69, 9.17) is 20.3 Å². The Labute approximate surface area is 109 Å². The Balaban J connectivity index is 2.12. The Morgan fingerprint density at radius 3 is 2.74 bits per heavy atom. The summed E-state index contributed by atoms with van der Waals surface area (Å²) in [5.74, 6) is 0.495. The van der Waals surface area contributed by atoms with Gasteiger partial charge in [0, 0.05) is 18.3 Å². The van der Waals surface area contributed by atoms with Crippen molar-refractivity contribution in [3.05, 3.63) is 17.7 Å². The van der Waals surface area contributed by atoms with Gasteiger partial charge >= 0.3 is 0 Å². The zero-order valence-corrected chi connectivity index (χ0v) is 10.5. The van der Waals surface area contributed by atoms with Crippen molar-refractivity contribution >= 4 is 11.6 Å². The SMILES string of the molecule is CC(O)(CO)CNC(=O)c1cc2c(cc1N)OCO2. The largest absolute Gasteiger partial charge is 0.454 e. The van der Waals surface area contributed by atoms with Gasteiger partial charge < -0.3 is 30.7 Å². The zero-order chi connectivity index (χ0) is 14.0. The van der Waals surface area contributed by atoms with Crippen LogP contribution in [0.4, 0.5) is 5.69 Å². The van der Waals surface area contributed by atoms with Gasteiger partial charge in [-0.05, 0) is 13.0 Å². The Morgan fingerprint density at radius 2 is 2.11 bits per heavy atom. The number of aliphatic hydroxyl groups excluding tert-OH is 1. The number of nitrogen functional groups attached to an aromatic ring is 1. The Bertz CT molecular complexity index is 501. The lowest BCUT2D eigenvalue weighted by atomic mass is 10.1. The molecule has 1 amide bonds. The maximum Gasteiger partial charge on any atom is 0.253 e. The number of rotatable bonds is 4. The Kier molecular flexibility index (Phi) is 3.50. The summed E-state index contributed by atoms with van der Waals surface area (Å²) in [4.78, 5) is 11.9. The molecule has 1 aliphatic heterocycles. The van der Waals surface area contributed by atoms with E-state index in [1.54, 1.807) is 0 Å². The van der Waals surface area contributed by atoms with E-state index in [1.807, 2.05) is 0 Å². The highest BCUT2D eigenvalue weighted by atomic mass is 16.7. The molecule has 5 N–H and O–H groups in total. The highest BCUT2D eigenvalue weighted by Crippen LogP contribution is 2.35. The summed E-state index contributed by atoms with van der Waals surface area (Å²) >= 11 is 0. The van der Waals surface area contributed by atoms with Gasteiger partial charge in [0.25, 0.3) is 5.91 Å². The lowest BCUT2D eigenvalue weighted by molar-refractivity contribution is 0.00320. The van der Waals surface area contributed by atoms with Gasteiger partial charge in [-0.1, -0.05) is 0 Å². The van der Waals surface area contributed by atoms with Gasteiger partial charge in [-0.2, -0.15) is 0 Å². The third-order valence-corrected chi connectivity index (χ3v) is 2.76. The van der Waals surface area contributed by atoms with Gasteiger partial charge in [0.2, 0.25) is 6.79 Å². The molecule has 1 heterocycles. The standard InChI is InChI=1S/C12H16N2O5/c1-12(17,5-15)4-14-11(16)7-2-9-10(3-8(7)13)19-6-18-9/h2-3,15,17H,4-6,13H2,1H3,(H,14,16). The smallest absolute Gasteiger partial charge is 0.253 e. The van der Waals surface area contributed by atoms with E-state index in [9.17, 15) is 9.90 Å². The molecule has 0 aliphatic carbocycles. The Hall–Kier alpha value is -1.99. The van der Waals surface area contributed by atoms with Crippen LogP contribution in [-0.4, -0.2) is 41.7 Å². The molecule has 1 unspecified atom stereocenters. The van der Waals surface area contributed by atoms with Crippen LogP contribution < -0.4 is 20.5 Å². The lowest BCUT2D eigenvalue weighted by Gasteiger charge is -2.20. The first kappa shape index (κ1) is 13.4. The fraction of sp³-hybridized carbons (Fsp3) is 0.417. The molecule has 0 aromatic heterocycles. The number of carbonyl (C=O) groups is 1. The fourth-order valence-corrected chi connectivity index (χ4v) is 1.58. The topological polar surface area (TPSA) is 114 Å². The molecule has 1 aromatic carbocycles. The third kappa shape index (κ3) is 2.88. The predicted octanol–water partition coefficient (Wildman–Crippen LogP) is -0.529. The van der Waals surface area contributed by atoms with Gasteiger partial charge in [0.05, 0.1) is 12.2 Å². The monoisotopic (exact) mass is 268 g/mol. The van der Waals surface area contributed by atoms with Crippen LogP contribution >= 0.6 is 0 Å². The van der Waals surface area contributed by atoms with Crippen molar-refractivity contribution in [1.29, 1.82) is 0 Å². The molecule has 0 saturated heterocycles.